The zero-order valence-corrected chi connectivity index (χ0v) is 11.3. The van der Waals surface area contributed by atoms with E-state index in [0.717, 1.165) is 19.6 Å². The lowest BCUT2D eigenvalue weighted by molar-refractivity contribution is 0.0958. The Morgan fingerprint density at radius 1 is 1.35 bits per heavy atom. The largest absolute Gasteiger partial charge is 0.361 e. The summed E-state index contributed by atoms with van der Waals surface area (Å²) in [6, 6.07) is -0.175. The minimum atomic E-state index is -0.786. The molecule has 9 nitrogen and oxygen atoms in total. The lowest BCUT2D eigenvalue weighted by Gasteiger charge is -2.33. The summed E-state index contributed by atoms with van der Waals surface area (Å²) >= 11 is 0. The van der Waals surface area contributed by atoms with Crippen LogP contribution in [0.3, 0.4) is 0 Å². The van der Waals surface area contributed by atoms with Gasteiger partial charge >= 0.3 is 17.8 Å². The van der Waals surface area contributed by atoms with Gasteiger partial charge in [0.1, 0.15) is 0 Å². The molecular weight excluding hydrogens is 264 g/mol. The van der Waals surface area contributed by atoms with Crippen LogP contribution < -0.4 is 11.1 Å². The van der Waals surface area contributed by atoms with Crippen molar-refractivity contribution in [1.29, 1.82) is 0 Å². The van der Waals surface area contributed by atoms with Crippen molar-refractivity contribution in [3.05, 3.63) is 11.7 Å². The molecule has 110 valence electrons. The summed E-state index contributed by atoms with van der Waals surface area (Å²) in [4.78, 5) is 30.5. The number of piperazine rings is 1. The second-order valence-corrected chi connectivity index (χ2v) is 4.46. The first kappa shape index (κ1) is 14.3. The van der Waals surface area contributed by atoms with Crippen molar-refractivity contribution < 1.29 is 14.1 Å². The van der Waals surface area contributed by atoms with Gasteiger partial charge in [-0.05, 0) is 6.54 Å². The fourth-order valence-electron chi connectivity index (χ4n) is 1.96. The summed E-state index contributed by atoms with van der Waals surface area (Å²) in [6.07, 6.45) is 0. The maximum absolute atomic E-state index is 11.9. The van der Waals surface area contributed by atoms with E-state index < -0.39 is 5.91 Å². The van der Waals surface area contributed by atoms with Crippen molar-refractivity contribution in [3.8, 4) is 0 Å². The van der Waals surface area contributed by atoms with Gasteiger partial charge in [0, 0.05) is 26.2 Å². The molecular formula is C11H18N6O3. The first-order chi connectivity index (χ1) is 9.60. The van der Waals surface area contributed by atoms with Gasteiger partial charge in [0.05, 0.1) is 6.54 Å². The normalized spacial score (nSPS) is 16.1. The SMILES string of the molecule is CCN1CCN(C(=O)NCc2noc(C(N)=O)n2)CC1. The standard InChI is InChI=1S/C11H18N6O3/c1-2-16-3-5-17(6-4-16)11(19)13-7-8-14-10(9(12)18)20-15-8/h2-7H2,1H3,(H2,12,18)(H,13,19). The maximum Gasteiger partial charge on any atom is 0.317 e. The highest BCUT2D eigenvalue weighted by Crippen LogP contribution is 2.02. The zero-order valence-electron chi connectivity index (χ0n) is 11.3. The van der Waals surface area contributed by atoms with E-state index in [0.29, 0.717) is 13.1 Å². The number of rotatable bonds is 4. The van der Waals surface area contributed by atoms with Crippen LogP contribution in [0.2, 0.25) is 0 Å². The number of hydrogen-bond acceptors (Lipinski definition) is 6. The number of hydrogen-bond donors (Lipinski definition) is 2. The molecule has 0 bridgehead atoms. The second kappa shape index (κ2) is 6.33. The van der Waals surface area contributed by atoms with Crippen molar-refractivity contribution in [2.24, 2.45) is 5.73 Å². The average molecular weight is 282 g/mol. The smallest absolute Gasteiger partial charge is 0.317 e. The first-order valence-corrected chi connectivity index (χ1v) is 6.47. The summed E-state index contributed by atoms with van der Waals surface area (Å²) in [5.74, 6) is -0.823. The highest BCUT2D eigenvalue weighted by atomic mass is 16.5. The van der Waals surface area contributed by atoms with E-state index in [4.69, 9.17) is 5.73 Å². The number of aromatic nitrogens is 2. The van der Waals surface area contributed by atoms with E-state index in [1.165, 1.54) is 0 Å². The lowest BCUT2D eigenvalue weighted by atomic mass is 10.3. The third-order valence-electron chi connectivity index (χ3n) is 3.18. The molecule has 1 aliphatic rings. The lowest BCUT2D eigenvalue weighted by Crippen LogP contribution is -2.51. The van der Waals surface area contributed by atoms with Crippen LogP contribution in [-0.2, 0) is 6.54 Å². The van der Waals surface area contributed by atoms with Crippen LogP contribution in [0.5, 0.6) is 0 Å². The topological polar surface area (TPSA) is 118 Å². The van der Waals surface area contributed by atoms with E-state index in [9.17, 15) is 9.59 Å². The molecule has 0 spiro atoms. The number of nitrogens with zero attached hydrogens (tertiary/aromatic N) is 4. The Morgan fingerprint density at radius 3 is 2.60 bits per heavy atom. The van der Waals surface area contributed by atoms with Gasteiger partial charge < -0.3 is 25.4 Å². The fourth-order valence-corrected chi connectivity index (χ4v) is 1.96. The van der Waals surface area contributed by atoms with E-state index in [2.05, 4.69) is 31.8 Å². The molecule has 9 heteroatoms. The summed E-state index contributed by atoms with van der Waals surface area (Å²) in [7, 11) is 0. The van der Waals surface area contributed by atoms with Gasteiger partial charge in [-0.3, -0.25) is 4.79 Å². The zero-order chi connectivity index (χ0) is 14.5. The summed E-state index contributed by atoms with van der Waals surface area (Å²) in [6.45, 7) is 6.33. The number of carbonyl (C=O) groups is 2. The monoisotopic (exact) mass is 282 g/mol. The number of carbonyl (C=O) groups excluding carboxylic acids is 2. The second-order valence-electron chi connectivity index (χ2n) is 4.46. The van der Waals surface area contributed by atoms with Crippen LogP contribution in [0.25, 0.3) is 0 Å². The molecule has 1 saturated heterocycles. The molecule has 2 heterocycles. The Hall–Kier alpha value is -2.16. The number of nitrogens with two attached hydrogens (primary N) is 1. The highest BCUT2D eigenvalue weighted by Gasteiger charge is 2.20. The quantitative estimate of drug-likeness (QED) is 0.732. The van der Waals surface area contributed by atoms with Crippen molar-refractivity contribution in [2.75, 3.05) is 32.7 Å². The van der Waals surface area contributed by atoms with Crippen molar-refractivity contribution >= 4 is 11.9 Å². The molecule has 1 fully saturated rings. The van der Waals surface area contributed by atoms with Crippen LogP contribution in [0.1, 0.15) is 23.4 Å². The number of amides is 3. The number of primary amides is 1. The first-order valence-electron chi connectivity index (χ1n) is 6.47. The minimum Gasteiger partial charge on any atom is -0.361 e. The minimum absolute atomic E-state index is 0.101. The Morgan fingerprint density at radius 2 is 2.05 bits per heavy atom. The molecule has 0 saturated carbocycles. The van der Waals surface area contributed by atoms with Crippen LogP contribution >= 0.6 is 0 Å². The molecule has 0 unspecified atom stereocenters. The molecule has 20 heavy (non-hydrogen) atoms. The van der Waals surface area contributed by atoms with Crippen molar-refractivity contribution in [1.82, 2.24) is 25.3 Å². The van der Waals surface area contributed by atoms with Crippen LogP contribution in [0.4, 0.5) is 4.79 Å². The van der Waals surface area contributed by atoms with Crippen LogP contribution in [0.15, 0.2) is 4.52 Å². The molecule has 0 radical (unpaired) electrons. The van der Waals surface area contributed by atoms with Gasteiger partial charge in [-0.2, -0.15) is 4.98 Å². The van der Waals surface area contributed by atoms with Crippen LogP contribution in [0, 0.1) is 0 Å². The predicted molar refractivity (Wildman–Crippen MR) is 68.7 cm³/mol. The summed E-state index contributed by atoms with van der Waals surface area (Å²) in [5, 5.41) is 6.24. The third-order valence-corrected chi connectivity index (χ3v) is 3.18. The van der Waals surface area contributed by atoms with E-state index in [1.54, 1.807) is 4.90 Å². The van der Waals surface area contributed by atoms with E-state index >= 15 is 0 Å². The molecule has 1 aromatic heterocycles. The molecule has 0 atom stereocenters. The Bertz CT molecular complexity index is 480. The van der Waals surface area contributed by atoms with E-state index in [-0.39, 0.29) is 24.3 Å². The predicted octanol–water partition coefficient (Wildman–Crippen LogP) is -0.984. The molecule has 0 aliphatic carbocycles. The van der Waals surface area contributed by atoms with Gasteiger partial charge in [0.25, 0.3) is 0 Å². The number of likely N-dealkylation sites (N-methyl/N-ethyl adjacent to an activating group) is 1. The van der Waals surface area contributed by atoms with Crippen LogP contribution in [-0.4, -0.2) is 64.6 Å². The molecule has 3 amide bonds. The van der Waals surface area contributed by atoms with E-state index in [1.807, 2.05) is 0 Å². The van der Waals surface area contributed by atoms with Gasteiger partial charge in [-0.25, -0.2) is 4.79 Å². The van der Waals surface area contributed by atoms with Gasteiger partial charge in [-0.1, -0.05) is 12.1 Å². The molecule has 1 aromatic rings. The highest BCUT2D eigenvalue weighted by molar-refractivity contribution is 5.87. The maximum atomic E-state index is 11.9. The number of nitrogens with one attached hydrogen (secondary N) is 1. The number of urea groups is 1. The Balaban J connectivity index is 1.78. The average Bonchev–Trinajstić information content (AvgIpc) is 2.94. The van der Waals surface area contributed by atoms with Gasteiger partial charge in [-0.15, -0.1) is 0 Å². The molecule has 1 aliphatic heterocycles. The van der Waals surface area contributed by atoms with Gasteiger partial charge in [0.15, 0.2) is 5.82 Å². The fraction of sp³-hybridized carbons (Fsp3) is 0.636. The molecule has 2 rings (SSSR count). The van der Waals surface area contributed by atoms with Gasteiger partial charge in [0.2, 0.25) is 0 Å². The third kappa shape index (κ3) is 3.44. The molecule has 0 aromatic carbocycles. The van der Waals surface area contributed by atoms with Crippen molar-refractivity contribution in [2.45, 2.75) is 13.5 Å². The molecule has 3 N–H and O–H groups in total. The summed E-state index contributed by atoms with van der Waals surface area (Å²) < 4.78 is 4.63. The Labute approximate surface area is 116 Å². The Kier molecular flexibility index (Phi) is 4.51. The van der Waals surface area contributed by atoms with Crippen molar-refractivity contribution in [3.63, 3.8) is 0 Å². The summed E-state index contributed by atoms with van der Waals surface area (Å²) in [5.41, 5.74) is 4.99.